The van der Waals surface area contributed by atoms with Crippen LogP contribution in [0.2, 0.25) is 0 Å². The molecule has 0 aromatic heterocycles. The maximum absolute atomic E-state index is 14.4. The average molecular weight is 446 g/mol. The standard InChI is InChI=1S/C27H37F2NO2/c1-2-3-4-7-12-26(13-8-5-9-14-26)20-32-25(31)27(15-10-6-11-16-27)21-17-23(28)22(19-30)24(29)18-21/h17-18H,2-16,20H2,1H3. The van der Waals surface area contributed by atoms with E-state index in [0.29, 0.717) is 25.0 Å². The van der Waals surface area contributed by atoms with E-state index in [2.05, 4.69) is 6.92 Å². The molecule has 32 heavy (non-hydrogen) atoms. The number of ether oxygens (including phenoxy) is 1. The average Bonchev–Trinajstić information content (AvgIpc) is 2.81. The molecule has 0 N–H and O–H groups in total. The summed E-state index contributed by atoms with van der Waals surface area (Å²) < 4.78 is 34.9. The van der Waals surface area contributed by atoms with Gasteiger partial charge < -0.3 is 4.74 Å². The summed E-state index contributed by atoms with van der Waals surface area (Å²) in [6, 6.07) is 3.92. The van der Waals surface area contributed by atoms with E-state index in [9.17, 15) is 13.6 Å². The normalized spacial score (nSPS) is 19.8. The van der Waals surface area contributed by atoms with Crippen molar-refractivity contribution in [2.45, 2.75) is 109 Å². The summed E-state index contributed by atoms with van der Waals surface area (Å²) >= 11 is 0. The van der Waals surface area contributed by atoms with E-state index in [1.54, 1.807) is 6.07 Å². The Labute approximate surface area is 191 Å². The molecule has 1 aromatic rings. The fourth-order valence-electron chi connectivity index (χ4n) is 5.77. The van der Waals surface area contributed by atoms with Crippen LogP contribution >= 0.6 is 0 Å². The maximum Gasteiger partial charge on any atom is 0.316 e. The van der Waals surface area contributed by atoms with Gasteiger partial charge in [0.25, 0.3) is 0 Å². The van der Waals surface area contributed by atoms with Gasteiger partial charge in [-0.2, -0.15) is 5.26 Å². The fourth-order valence-corrected chi connectivity index (χ4v) is 5.77. The van der Waals surface area contributed by atoms with Crippen LogP contribution in [0.25, 0.3) is 0 Å². The Hall–Kier alpha value is -1.96. The molecular formula is C27H37F2NO2. The number of hydrogen-bond acceptors (Lipinski definition) is 3. The van der Waals surface area contributed by atoms with Gasteiger partial charge >= 0.3 is 5.97 Å². The lowest BCUT2D eigenvalue weighted by atomic mass is 9.68. The van der Waals surface area contributed by atoms with E-state index in [4.69, 9.17) is 10.00 Å². The van der Waals surface area contributed by atoms with Gasteiger partial charge in [-0.15, -0.1) is 0 Å². The zero-order chi connectivity index (χ0) is 23.0. The van der Waals surface area contributed by atoms with Crippen molar-refractivity contribution in [3.63, 3.8) is 0 Å². The SMILES string of the molecule is CCCCCCC1(COC(=O)C2(c3cc(F)c(C#N)c(F)c3)CCCCC2)CCCCC1. The number of esters is 1. The molecule has 2 fully saturated rings. The van der Waals surface area contributed by atoms with Crippen LogP contribution in [0.3, 0.4) is 0 Å². The van der Waals surface area contributed by atoms with E-state index >= 15 is 0 Å². The lowest BCUT2D eigenvalue weighted by Crippen LogP contribution is -2.42. The minimum Gasteiger partial charge on any atom is -0.464 e. The zero-order valence-electron chi connectivity index (χ0n) is 19.5. The van der Waals surface area contributed by atoms with Crippen molar-refractivity contribution in [3.8, 4) is 6.07 Å². The predicted molar refractivity (Wildman–Crippen MR) is 121 cm³/mol. The molecule has 0 spiro atoms. The van der Waals surface area contributed by atoms with Gasteiger partial charge in [-0.3, -0.25) is 4.79 Å². The number of carbonyl (C=O) groups excluding carboxylic acids is 1. The Morgan fingerprint density at radius 1 is 0.969 bits per heavy atom. The van der Waals surface area contributed by atoms with Crippen LogP contribution in [-0.4, -0.2) is 12.6 Å². The van der Waals surface area contributed by atoms with Gasteiger partial charge in [0, 0.05) is 5.41 Å². The first-order chi connectivity index (χ1) is 15.5. The highest BCUT2D eigenvalue weighted by Crippen LogP contribution is 2.44. The number of benzene rings is 1. The summed E-state index contributed by atoms with van der Waals surface area (Å²) in [6.07, 6.45) is 15.3. The molecule has 0 saturated heterocycles. The summed E-state index contributed by atoms with van der Waals surface area (Å²) in [5.41, 5.74) is -1.26. The maximum atomic E-state index is 14.4. The van der Waals surface area contributed by atoms with E-state index in [0.717, 1.165) is 44.9 Å². The van der Waals surface area contributed by atoms with E-state index < -0.39 is 22.6 Å². The number of carbonyl (C=O) groups is 1. The Morgan fingerprint density at radius 2 is 1.56 bits per heavy atom. The third kappa shape index (κ3) is 5.50. The molecule has 3 nitrogen and oxygen atoms in total. The molecular weight excluding hydrogens is 408 g/mol. The highest BCUT2D eigenvalue weighted by atomic mass is 19.1. The number of nitriles is 1. The van der Waals surface area contributed by atoms with Crippen LogP contribution in [0.15, 0.2) is 12.1 Å². The summed E-state index contributed by atoms with van der Waals surface area (Å²) in [7, 11) is 0. The molecule has 0 bridgehead atoms. The van der Waals surface area contributed by atoms with Gasteiger partial charge in [-0.25, -0.2) is 8.78 Å². The van der Waals surface area contributed by atoms with Crippen molar-refractivity contribution in [3.05, 3.63) is 34.9 Å². The van der Waals surface area contributed by atoms with Crippen LogP contribution in [0.1, 0.15) is 114 Å². The molecule has 0 radical (unpaired) electrons. The molecule has 176 valence electrons. The van der Waals surface area contributed by atoms with Crippen LogP contribution in [-0.2, 0) is 14.9 Å². The zero-order valence-corrected chi connectivity index (χ0v) is 19.5. The van der Waals surface area contributed by atoms with Crippen LogP contribution < -0.4 is 0 Å². The number of hydrogen-bond donors (Lipinski definition) is 0. The largest absolute Gasteiger partial charge is 0.464 e. The monoisotopic (exact) mass is 445 g/mol. The summed E-state index contributed by atoms with van der Waals surface area (Å²) in [5.74, 6) is -2.15. The number of halogens is 2. The lowest BCUT2D eigenvalue weighted by molar-refractivity contribution is -0.157. The molecule has 0 aliphatic heterocycles. The smallest absolute Gasteiger partial charge is 0.316 e. The van der Waals surface area contributed by atoms with Gasteiger partial charge in [0.05, 0.1) is 12.0 Å². The molecule has 5 heteroatoms. The second-order valence-electron chi connectivity index (χ2n) is 10.0. The first-order valence-electron chi connectivity index (χ1n) is 12.5. The highest BCUT2D eigenvalue weighted by Gasteiger charge is 2.45. The van der Waals surface area contributed by atoms with Crippen molar-refractivity contribution in [2.24, 2.45) is 5.41 Å². The highest BCUT2D eigenvalue weighted by molar-refractivity contribution is 5.83. The van der Waals surface area contributed by atoms with Crippen LogP contribution in [0.5, 0.6) is 0 Å². The molecule has 2 saturated carbocycles. The lowest BCUT2D eigenvalue weighted by Gasteiger charge is -2.40. The first-order valence-corrected chi connectivity index (χ1v) is 12.5. The summed E-state index contributed by atoms with van der Waals surface area (Å²) in [4.78, 5) is 13.5. The van der Waals surface area contributed by atoms with Gasteiger partial charge in [-0.1, -0.05) is 71.1 Å². The molecule has 0 unspecified atom stereocenters. The fraction of sp³-hybridized carbons (Fsp3) is 0.704. The number of nitrogens with zero attached hydrogens (tertiary/aromatic N) is 1. The third-order valence-electron chi connectivity index (χ3n) is 7.79. The number of unbranched alkanes of at least 4 members (excludes halogenated alkanes) is 3. The number of rotatable bonds is 9. The van der Waals surface area contributed by atoms with Crippen molar-refractivity contribution in [1.82, 2.24) is 0 Å². The van der Waals surface area contributed by atoms with E-state index in [1.807, 2.05) is 0 Å². The van der Waals surface area contributed by atoms with Gasteiger partial charge in [0.15, 0.2) is 0 Å². The topological polar surface area (TPSA) is 50.1 Å². The quantitative estimate of drug-likeness (QED) is 0.292. The van der Waals surface area contributed by atoms with Gasteiger partial charge in [0.2, 0.25) is 0 Å². The Kier molecular flexibility index (Phi) is 8.68. The van der Waals surface area contributed by atoms with Gasteiger partial charge in [-0.05, 0) is 49.8 Å². The van der Waals surface area contributed by atoms with Crippen molar-refractivity contribution in [2.75, 3.05) is 6.61 Å². The summed E-state index contributed by atoms with van der Waals surface area (Å²) in [6.45, 7) is 2.61. The molecule has 0 atom stereocenters. The van der Waals surface area contributed by atoms with Crippen molar-refractivity contribution >= 4 is 5.97 Å². The minimum absolute atomic E-state index is 0.0404. The second-order valence-corrected chi connectivity index (χ2v) is 10.0. The molecule has 1 aromatic carbocycles. The second kappa shape index (κ2) is 11.3. The Balaban J connectivity index is 1.79. The third-order valence-corrected chi connectivity index (χ3v) is 7.79. The van der Waals surface area contributed by atoms with Crippen LogP contribution in [0, 0.1) is 28.4 Å². The van der Waals surface area contributed by atoms with Crippen LogP contribution in [0.4, 0.5) is 8.78 Å². The van der Waals surface area contributed by atoms with E-state index in [1.165, 1.54) is 50.7 Å². The summed E-state index contributed by atoms with van der Waals surface area (Å²) in [5, 5.41) is 9.01. The van der Waals surface area contributed by atoms with Crippen molar-refractivity contribution in [1.29, 1.82) is 5.26 Å². The Morgan fingerprint density at radius 3 is 2.12 bits per heavy atom. The van der Waals surface area contributed by atoms with Gasteiger partial charge in [0.1, 0.15) is 23.3 Å². The molecule has 3 rings (SSSR count). The molecule has 2 aliphatic rings. The predicted octanol–water partition coefficient (Wildman–Crippen LogP) is 7.50. The first kappa shape index (κ1) is 24.7. The molecule has 2 aliphatic carbocycles. The van der Waals surface area contributed by atoms with E-state index in [-0.39, 0.29) is 11.4 Å². The Bertz CT molecular complexity index is 794. The minimum atomic E-state index is -1.02. The van der Waals surface area contributed by atoms with Crippen molar-refractivity contribution < 1.29 is 18.3 Å². The molecule has 0 heterocycles. The molecule has 0 amide bonds.